The minimum Gasteiger partial charge on any atom is -0.466 e. The number of benzene rings is 1. The van der Waals surface area contributed by atoms with Crippen molar-refractivity contribution < 1.29 is 24.0 Å². The van der Waals surface area contributed by atoms with Crippen molar-refractivity contribution in [2.24, 2.45) is 0 Å². The quantitative estimate of drug-likeness (QED) is 0.182. The summed E-state index contributed by atoms with van der Waals surface area (Å²) in [4.78, 5) is 35.8. The number of ether oxygens (including phenoxy) is 2. The van der Waals surface area contributed by atoms with Crippen LogP contribution >= 0.6 is 0 Å². The van der Waals surface area contributed by atoms with Crippen LogP contribution in [0.1, 0.15) is 32.3 Å². The van der Waals surface area contributed by atoms with Crippen molar-refractivity contribution >= 4 is 23.6 Å². The van der Waals surface area contributed by atoms with Gasteiger partial charge in [-0.2, -0.15) is 0 Å². The van der Waals surface area contributed by atoms with Crippen LogP contribution < -0.4 is 0 Å². The van der Waals surface area contributed by atoms with Crippen LogP contribution in [0.3, 0.4) is 0 Å². The molecular formula is C19H26N2O6. The minimum absolute atomic E-state index is 0.00883. The molecule has 1 aromatic carbocycles. The van der Waals surface area contributed by atoms with Gasteiger partial charge in [0.25, 0.3) is 5.69 Å². The Morgan fingerprint density at radius 2 is 1.85 bits per heavy atom. The van der Waals surface area contributed by atoms with Gasteiger partial charge in [-0.05, 0) is 44.0 Å². The molecule has 0 saturated carbocycles. The molecule has 1 rings (SSSR count). The van der Waals surface area contributed by atoms with Crippen molar-refractivity contribution in [3.05, 3.63) is 46.0 Å². The van der Waals surface area contributed by atoms with Gasteiger partial charge < -0.3 is 14.4 Å². The average Bonchev–Trinajstić information content (AvgIpc) is 2.66. The van der Waals surface area contributed by atoms with E-state index in [0.717, 1.165) is 0 Å². The van der Waals surface area contributed by atoms with E-state index in [4.69, 9.17) is 9.47 Å². The molecule has 0 aromatic heterocycles. The Hall–Kier alpha value is -2.74. The molecule has 0 saturated heterocycles. The smallest absolute Gasteiger partial charge is 0.307 e. The second-order valence-electron chi connectivity index (χ2n) is 5.61. The van der Waals surface area contributed by atoms with Gasteiger partial charge >= 0.3 is 5.97 Å². The number of amides is 1. The van der Waals surface area contributed by atoms with Gasteiger partial charge in [0, 0.05) is 44.5 Å². The van der Waals surface area contributed by atoms with Crippen molar-refractivity contribution in [3.8, 4) is 0 Å². The van der Waals surface area contributed by atoms with Crippen LogP contribution in [0.4, 0.5) is 5.69 Å². The zero-order valence-electron chi connectivity index (χ0n) is 15.8. The maximum atomic E-state index is 12.5. The topological polar surface area (TPSA) is 99.0 Å². The SMILES string of the molecule is CCOCCCN(CCC(=O)OCC)C(=O)/C=C/c1ccc([N+](=O)[O-])cc1. The van der Waals surface area contributed by atoms with Gasteiger partial charge in [0.05, 0.1) is 18.0 Å². The number of carbonyl (C=O) groups excluding carboxylic acids is 2. The molecule has 8 heteroatoms. The first kappa shape index (κ1) is 22.3. The van der Waals surface area contributed by atoms with Crippen molar-refractivity contribution in [1.82, 2.24) is 4.90 Å². The highest BCUT2D eigenvalue weighted by atomic mass is 16.6. The normalized spacial score (nSPS) is 10.7. The van der Waals surface area contributed by atoms with Gasteiger partial charge in [0.2, 0.25) is 5.91 Å². The number of rotatable bonds is 12. The number of hydrogen-bond donors (Lipinski definition) is 0. The van der Waals surface area contributed by atoms with E-state index in [1.807, 2.05) is 6.92 Å². The van der Waals surface area contributed by atoms with E-state index in [9.17, 15) is 19.7 Å². The molecule has 0 heterocycles. The van der Waals surface area contributed by atoms with Crippen molar-refractivity contribution in [1.29, 1.82) is 0 Å². The van der Waals surface area contributed by atoms with Gasteiger partial charge in [0.1, 0.15) is 0 Å². The summed E-state index contributed by atoms with van der Waals surface area (Å²) in [6.45, 7) is 5.80. The molecule has 8 nitrogen and oxygen atoms in total. The Morgan fingerprint density at radius 3 is 2.44 bits per heavy atom. The van der Waals surface area contributed by atoms with E-state index in [0.29, 0.717) is 38.3 Å². The molecule has 0 N–H and O–H groups in total. The highest BCUT2D eigenvalue weighted by Gasteiger charge is 2.13. The predicted octanol–water partition coefficient (Wildman–Crippen LogP) is 2.82. The summed E-state index contributed by atoms with van der Waals surface area (Å²) in [6.07, 6.45) is 3.77. The van der Waals surface area contributed by atoms with Crippen LogP contribution in [0.5, 0.6) is 0 Å². The van der Waals surface area contributed by atoms with Crippen molar-refractivity contribution in [2.75, 3.05) is 32.9 Å². The maximum absolute atomic E-state index is 12.5. The Balaban J connectivity index is 2.68. The number of esters is 1. The molecule has 0 unspecified atom stereocenters. The molecule has 0 radical (unpaired) electrons. The third kappa shape index (κ3) is 8.96. The van der Waals surface area contributed by atoms with Gasteiger partial charge in [0.15, 0.2) is 0 Å². The Bertz CT molecular complexity index is 642. The highest BCUT2D eigenvalue weighted by Crippen LogP contribution is 2.13. The summed E-state index contributed by atoms with van der Waals surface area (Å²) in [5, 5.41) is 10.7. The van der Waals surface area contributed by atoms with Crippen LogP contribution in [0, 0.1) is 10.1 Å². The van der Waals surface area contributed by atoms with Gasteiger partial charge in [-0.3, -0.25) is 19.7 Å². The molecule has 0 aliphatic heterocycles. The summed E-state index contributed by atoms with van der Waals surface area (Å²) >= 11 is 0. The minimum atomic E-state index is -0.478. The monoisotopic (exact) mass is 378 g/mol. The average molecular weight is 378 g/mol. The van der Waals surface area contributed by atoms with Crippen molar-refractivity contribution in [3.63, 3.8) is 0 Å². The fourth-order valence-electron chi connectivity index (χ4n) is 2.27. The Kier molecular flexibility index (Phi) is 10.4. The Morgan fingerprint density at radius 1 is 1.15 bits per heavy atom. The first-order chi connectivity index (χ1) is 13.0. The fraction of sp³-hybridized carbons (Fsp3) is 0.474. The van der Waals surface area contributed by atoms with Crippen LogP contribution in [0.25, 0.3) is 6.08 Å². The highest BCUT2D eigenvalue weighted by molar-refractivity contribution is 5.92. The number of nitro benzene ring substituents is 1. The molecule has 0 atom stereocenters. The second kappa shape index (κ2) is 12.6. The lowest BCUT2D eigenvalue weighted by Crippen LogP contribution is -2.33. The Labute approximate surface area is 158 Å². The van der Waals surface area contributed by atoms with E-state index in [2.05, 4.69) is 0 Å². The predicted molar refractivity (Wildman–Crippen MR) is 101 cm³/mol. The molecular weight excluding hydrogens is 352 g/mol. The summed E-state index contributed by atoms with van der Waals surface area (Å²) in [7, 11) is 0. The largest absolute Gasteiger partial charge is 0.466 e. The van der Waals surface area contributed by atoms with Crippen molar-refractivity contribution in [2.45, 2.75) is 26.7 Å². The first-order valence-electron chi connectivity index (χ1n) is 8.92. The lowest BCUT2D eigenvalue weighted by Gasteiger charge is -2.20. The molecule has 0 fully saturated rings. The van der Waals surface area contributed by atoms with Crippen LogP contribution in [0.2, 0.25) is 0 Å². The third-order valence-electron chi connectivity index (χ3n) is 3.65. The molecule has 0 aliphatic carbocycles. The summed E-state index contributed by atoms with van der Waals surface area (Å²) < 4.78 is 10.2. The maximum Gasteiger partial charge on any atom is 0.307 e. The van der Waals surface area contributed by atoms with Crippen LogP contribution in [-0.4, -0.2) is 54.6 Å². The number of carbonyl (C=O) groups is 2. The summed E-state index contributed by atoms with van der Waals surface area (Å²) in [6, 6.07) is 5.90. The van der Waals surface area contributed by atoms with E-state index in [1.165, 1.54) is 18.2 Å². The van der Waals surface area contributed by atoms with Crippen LogP contribution in [-0.2, 0) is 19.1 Å². The zero-order valence-corrected chi connectivity index (χ0v) is 15.8. The summed E-state index contributed by atoms with van der Waals surface area (Å²) in [5.41, 5.74) is 0.666. The molecule has 0 spiro atoms. The van der Waals surface area contributed by atoms with Crippen LogP contribution in [0.15, 0.2) is 30.3 Å². The van der Waals surface area contributed by atoms with Gasteiger partial charge in [-0.25, -0.2) is 0 Å². The van der Waals surface area contributed by atoms with E-state index < -0.39 is 4.92 Å². The van der Waals surface area contributed by atoms with Gasteiger partial charge in [-0.15, -0.1) is 0 Å². The lowest BCUT2D eigenvalue weighted by molar-refractivity contribution is -0.384. The lowest BCUT2D eigenvalue weighted by atomic mass is 10.2. The third-order valence-corrected chi connectivity index (χ3v) is 3.65. The number of hydrogen-bond acceptors (Lipinski definition) is 6. The molecule has 1 amide bonds. The zero-order chi connectivity index (χ0) is 20.1. The molecule has 1 aromatic rings. The standard InChI is InChI=1S/C19H26N2O6/c1-3-26-15-5-13-20(14-12-19(23)27-4-2)18(22)11-8-16-6-9-17(10-7-16)21(24)25/h6-11H,3-5,12-15H2,1-2H3/b11-8+. The molecule has 0 aliphatic rings. The molecule has 148 valence electrons. The molecule has 0 bridgehead atoms. The van der Waals surface area contributed by atoms with E-state index >= 15 is 0 Å². The fourth-order valence-corrected chi connectivity index (χ4v) is 2.27. The number of non-ortho nitro benzene ring substituents is 1. The summed E-state index contributed by atoms with van der Waals surface area (Å²) in [5.74, 6) is -0.589. The van der Waals surface area contributed by atoms with E-state index in [1.54, 1.807) is 30.0 Å². The first-order valence-corrected chi connectivity index (χ1v) is 8.92. The van der Waals surface area contributed by atoms with Gasteiger partial charge in [-0.1, -0.05) is 0 Å². The van der Waals surface area contributed by atoms with E-state index in [-0.39, 0.29) is 30.5 Å². The number of nitro groups is 1. The number of nitrogens with zero attached hydrogens (tertiary/aromatic N) is 2. The molecule has 27 heavy (non-hydrogen) atoms. The second-order valence-corrected chi connectivity index (χ2v) is 5.61.